The Morgan fingerprint density at radius 2 is 2.39 bits per heavy atom. The minimum Gasteiger partial charge on any atom is -0.465 e. The van der Waals surface area contributed by atoms with E-state index < -0.39 is 5.97 Å². The van der Waals surface area contributed by atoms with Crippen LogP contribution in [0.2, 0.25) is 5.02 Å². The van der Waals surface area contributed by atoms with Crippen molar-refractivity contribution in [2.45, 2.75) is 6.54 Å². The van der Waals surface area contributed by atoms with Crippen LogP contribution in [-0.2, 0) is 11.3 Å². The fraction of sp³-hybridized carbons (Fsp3) is 0.167. The summed E-state index contributed by atoms with van der Waals surface area (Å²) in [5, 5.41) is 3.53. The summed E-state index contributed by atoms with van der Waals surface area (Å²) in [5.41, 5.74) is 2.08. The molecule has 1 aromatic heterocycles. The third-order valence-corrected chi connectivity index (χ3v) is 2.74. The molecule has 0 saturated carbocycles. The number of rotatable bonds is 4. The summed E-state index contributed by atoms with van der Waals surface area (Å²) in [4.78, 5) is 18.4. The Morgan fingerprint density at radius 1 is 1.56 bits per heavy atom. The van der Waals surface area contributed by atoms with Gasteiger partial charge in [-0.05, 0) is 18.2 Å². The molecule has 0 atom stereocenters. The van der Waals surface area contributed by atoms with Crippen LogP contribution in [0.4, 0.5) is 5.69 Å². The molecule has 6 heteroatoms. The van der Waals surface area contributed by atoms with Gasteiger partial charge in [-0.25, -0.2) is 9.78 Å². The number of benzene rings is 1. The van der Waals surface area contributed by atoms with Crippen molar-refractivity contribution in [1.82, 2.24) is 9.97 Å². The zero-order valence-corrected chi connectivity index (χ0v) is 10.5. The molecule has 0 spiro atoms. The predicted octanol–water partition coefficient (Wildman–Crippen LogP) is 2.46. The Bertz CT molecular complexity index is 540. The molecule has 5 nitrogen and oxygen atoms in total. The van der Waals surface area contributed by atoms with Crippen molar-refractivity contribution >= 4 is 23.3 Å². The number of anilines is 1. The number of H-pyrrole nitrogens is 1. The van der Waals surface area contributed by atoms with E-state index in [1.165, 1.54) is 7.11 Å². The van der Waals surface area contributed by atoms with Crippen LogP contribution in [0.25, 0.3) is 0 Å². The van der Waals surface area contributed by atoms with Crippen LogP contribution < -0.4 is 5.32 Å². The number of imidazole rings is 1. The molecule has 0 saturated heterocycles. The second kappa shape index (κ2) is 5.55. The lowest BCUT2D eigenvalue weighted by Gasteiger charge is -2.08. The summed E-state index contributed by atoms with van der Waals surface area (Å²) in [7, 11) is 1.32. The SMILES string of the molecule is COC(=O)c1cc(NCc2cnc[nH]2)ccc1Cl. The van der Waals surface area contributed by atoms with Gasteiger partial charge in [-0.2, -0.15) is 0 Å². The number of hydrogen-bond acceptors (Lipinski definition) is 4. The molecule has 2 N–H and O–H groups in total. The van der Waals surface area contributed by atoms with E-state index >= 15 is 0 Å². The molecule has 0 aliphatic carbocycles. The molecule has 2 aromatic rings. The molecule has 0 fully saturated rings. The van der Waals surface area contributed by atoms with Crippen molar-refractivity contribution in [3.8, 4) is 0 Å². The molecule has 0 bridgehead atoms. The summed E-state index contributed by atoms with van der Waals surface area (Å²) < 4.78 is 4.66. The Morgan fingerprint density at radius 3 is 3.06 bits per heavy atom. The van der Waals surface area contributed by atoms with E-state index in [1.54, 1.807) is 30.7 Å². The van der Waals surface area contributed by atoms with Gasteiger partial charge in [-0.1, -0.05) is 11.6 Å². The number of esters is 1. The number of nitrogens with zero attached hydrogens (tertiary/aromatic N) is 1. The average Bonchev–Trinajstić information content (AvgIpc) is 2.90. The maximum atomic E-state index is 11.5. The van der Waals surface area contributed by atoms with Crippen molar-refractivity contribution in [3.63, 3.8) is 0 Å². The summed E-state index contributed by atoms with van der Waals surface area (Å²) in [5.74, 6) is -0.454. The van der Waals surface area contributed by atoms with Crippen molar-refractivity contribution < 1.29 is 9.53 Å². The summed E-state index contributed by atoms with van der Waals surface area (Å²) in [6.45, 7) is 0.586. The molecule has 0 amide bonds. The van der Waals surface area contributed by atoms with Gasteiger partial charge in [0.1, 0.15) is 0 Å². The van der Waals surface area contributed by atoms with Crippen molar-refractivity contribution in [1.29, 1.82) is 0 Å². The maximum Gasteiger partial charge on any atom is 0.339 e. The zero-order valence-electron chi connectivity index (χ0n) is 9.74. The molecule has 0 radical (unpaired) electrons. The number of methoxy groups -OCH3 is 1. The average molecular weight is 266 g/mol. The van der Waals surface area contributed by atoms with Crippen LogP contribution >= 0.6 is 11.6 Å². The molecule has 0 aliphatic heterocycles. The van der Waals surface area contributed by atoms with Crippen LogP contribution in [0.1, 0.15) is 16.1 Å². The van der Waals surface area contributed by atoms with E-state index in [-0.39, 0.29) is 0 Å². The van der Waals surface area contributed by atoms with Crippen LogP contribution in [0.15, 0.2) is 30.7 Å². The highest BCUT2D eigenvalue weighted by atomic mass is 35.5. The van der Waals surface area contributed by atoms with Gasteiger partial charge in [0.2, 0.25) is 0 Å². The van der Waals surface area contributed by atoms with E-state index in [9.17, 15) is 4.79 Å². The molecule has 18 heavy (non-hydrogen) atoms. The molecule has 0 aliphatic rings. The molecule has 94 valence electrons. The first-order valence-electron chi connectivity index (χ1n) is 5.29. The molecule has 1 heterocycles. The predicted molar refractivity (Wildman–Crippen MR) is 68.7 cm³/mol. The van der Waals surface area contributed by atoms with E-state index in [0.29, 0.717) is 17.1 Å². The van der Waals surface area contributed by atoms with Gasteiger partial charge >= 0.3 is 5.97 Å². The van der Waals surface area contributed by atoms with Crippen LogP contribution in [-0.4, -0.2) is 23.0 Å². The number of hydrogen-bond donors (Lipinski definition) is 2. The minimum atomic E-state index is -0.454. The fourth-order valence-corrected chi connectivity index (χ4v) is 1.67. The molecule has 1 aromatic carbocycles. The lowest BCUT2D eigenvalue weighted by Crippen LogP contribution is -2.05. The maximum absolute atomic E-state index is 11.5. The topological polar surface area (TPSA) is 67.0 Å². The van der Waals surface area contributed by atoms with E-state index in [1.807, 2.05) is 0 Å². The molecule has 2 rings (SSSR count). The van der Waals surface area contributed by atoms with Gasteiger partial charge < -0.3 is 15.0 Å². The highest BCUT2D eigenvalue weighted by molar-refractivity contribution is 6.33. The van der Waals surface area contributed by atoms with Crippen LogP contribution in [0.5, 0.6) is 0 Å². The first-order chi connectivity index (χ1) is 8.70. The highest BCUT2D eigenvalue weighted by Gasteiger charge is 2.11. The first kappa shape index (κ1) is 12.4. The van der Waals surface area contributed by atoms with Gasteiger partial charge in [0.25, 0.3) is 0 Å². The van der Waals surface area contributed by atoms with E-state index in [0.717, 1.165) is 11.4 Å². The van der Waals surface area contributed by atoms with Crippen LogP contribution in [0.3, 0.4) is 0 Å². The number of carbonyl (C=O) groups excluding carboxylic acids is 1. The molecular weight excluding hydrogens is 254 g/mol. The highest BCUT2D eigenvalue weighted by Crippen LogP contribution is 2.21. The number of carbonyl (C=O) groups is 1. The zero-order chi connectivity index (χ0) is 13.0. The number of ether oxygens (including phenoxy) is 1. The summed E-state index contributed by atoms with van der Waals surface area (Å²) >= 11 is 5.92. The Kier molecular flexibility index (Phi) is 3.84. The van der Waals surface area contributed by atoms with Gasteiger partial charge in [0, 0.05) is 11.9 Å². The summed E-state index contributed by atoms with van der Waals surface area (Å²) in [6, 6.07) is 5.11. The number of nitrogens with one attached hydrogen (secondary N) is 2. The standard InChI is InChI=1S/C12H12ClN3O2/c1-18-12(17)10-4-8(2-3-11(10)13)15-6-9-5-14-7-16-9/h2-5,7,15H,6H2,1H3,(H,14,16). The number of aromatic amines is 1. The van der Waals surface area contributed by atoms with Gasteiger partial charge in [0.15, 0.2) is 0 Å². The van der Waals surface area contributed by atoms with Gasteiger partial charge in [-0.15, -0.1) is 0 Å². The van der Waals surface area contributed by atoms with Gasteiger partial charge in [-0.3, -0.25) is 0 Å². The Balaban J connectivity index is 2.12. The molecule has 0 unspecified atom stereocenters. The third-order valence-electron chi connectivity index (χ3n) is 2.41. The van der Waals surface area contributed by atoms with Crippen molar-refractivity contribution in [2.75, 3.05) is 12.4 Å². The number of aromatic nitrogens is 2. The lowest BCUT2D eigenvalue weighted by molar-refractivity contribution is 0.0601. The number of halogens is 1. The Hall–Kier alpha value is -2.01. The van der Waals surface area contributed by atoms with E-state index in [2.05, 4.69) is 20.0 Å². The molecular formula is C12H12ClN3O2. The largest absolute Gasteiger partial charge is 0.465 e. The normalized spacial score (nSPS) is 10.1. The minimum absolute atomic E-state index is 0.341. The van der Waals surface area contributed by atoms with Crippen LogP contribution in [0, 0.1) is 0 Å². The Labute approximate surface area is 109 Å². The summed E-state index contributed by atoms with van der Waals surface area (Å²) in [6.07, 6.45) is 3.34. The van der Waals surface area contributed by atoms with E-state index in [4.69, 9.17) is 11.6 Å². The lowest BCUT2D eigenvalue weighted by atomic mass is 10.2. The van der Waals surface area contributed by atoms with Crippen molar-refractivity contribution in [2.24, 2.45) is 0 Å². The smallest absolute Gasteiger partial charge is 0.339 e. The monoisotopic (exact) mass is 265 g/mol. The van der Waals surface area contributed by atoms with Gasteiger partial charge in [0.05, 0.1) is 36.3 Å². The second-order valence-corrected chi connectivity index (χ2v) is 4.02. The third kappa shape index (κ3) is 2.81. The first-order valence-corrected chi connectivity index (χ1v) is 5.67. The second-order valence-electron chi connectivity index (χ2n) is 3.62. The fourth-order valence-electron chi connectivity index (χ4n) is 1.48. The van der Waals surface area contributed by atoms with Crippen molar-refractivity contribution in [3.05, 3.63) is 47.0 Å². The quantitative estimate of drug-likeness (QED) is 0.834.